The Morgan fingerprint density at radius 3 is 2.45 bits per heavy atom. The van der Waals surface area contributed by atoms with Crippen molar-refractivity contribution in [2.45, 2.75) is 25.8 Å². The lowest BCUT2D eigenvalue weighted by molar-refractivity contribution is 0.0683. The number of nitrogens with zero attached hydrogens (tertiary/aromatic N) is 2. The minimum absolute atomic E-state index is 0.0222. The lowest BCUT2D eigenvalue weighted by atomic mass is 10.0. The number of carbonyl (C=O) groups excluding carboxylic acids is 1. The van der Waals surface area contributed by atoms with E-state index in [4.69, 9.17) is 0 Å². The van der Waals surface area contributed by atoms with Crippen molar-refractivity contribution in [1.82, 2.24) is 9.21 Å². The third kappa shape index (κ3) is 3.59. The summed E-state index contributed by atoms with van der Waals surface area (Å²) in [5.74, 6) is -0.229. The summed E-state index contributed by atoms with van der Waals surface area (Å²) in [6.45, 7) is 2.83. The summed E-state index contributed by atoms with van der Waals surface area (Å²) in [6, 6.07) is 4.86. The van der Waals surface area contributed by atoms with Crippen molar-refractivity contribution < 1.29 is 18.3 Å². The number of amides is 1. The van der Waals surface area contributed by atoms with Crippen molar-refractivity contribution in [3.8, 4) is 5.75 Å². The van der Waals surface area contributed by atoms with Gasteiger partial charge < -0.3 is 10.0 Å². The van der Waals surface area contributed by atoms with Crippen molar-refractivity contribution in [2.75, 3.05) is 26.4 Å². The van der Waals surface area contributed by atoms with Gasteiger partial charge in [-0.1, -0.05) is 11.6 Å². The Morgan fingerprint density at radius 2 is 1.91 bits per heavy atom. The van der Waals surface area contributed by atoms with E-state index in [-0.39, 0.29) is 17.7 Å². The highest BCUT2D eigenvalue weighted by Gasteiger charge is 2.30. The van der Waals surface area contributed by atoms with Crippen molar-refractivity contribution >= 4 is 15.9 Å². The first-order valence-corrected chi connectivity index (χ1v) is 9.07. The molecular formula is C15H22N2O4S. The first-order valence-electron chi connectivity index (χ1n) is 7.22. The van der Waals surface area contributed by atoms with E-state index in [0.717, 1.165) is 5.56 Å². The molecule has 1 amide bonds. The fraction of sp³-hybridized carbons (Fsp3) is 0.533. The van der Waals surface area contributed by atoms with Crippen LogP contribution in [0.2, 0.25) is 0 Å². The topological polar surface area (TPSA) is 77.9 Å². The monoisotopic (exact) mass is 326 g/mol. The number of carbonyl (C=O) groups is 1. The molecule has 1 fully saturated rings. The molecule has 0 atom stereocenters. The molecule has 1 heterocycles. The van der Waals surface area contributed by atoms with E-state index in [1.54, 1.807) is 24.1 Å². The number of likely N-dealkylation sites (tertiary alicyclic amines) is 1. The molecule has 1 aromatic rings. The van der Waals surface area contributed by atoms with Crippen molar-refractivity contribution in [3.63, 3.8) is 0 Å². The molecule has 1 N–H and O–H groups in total. The van der Waals surface area contributed by atoms with E-state index >= 15 is 0 Å². The summed E-state index contributed by atoms with van der Waals surface area (Å²) in [7, 11) is -1.64. The molecule has 0 aromatic heterocycles. The van der Waals surface area contributed by atoms with Crippen LogP contribution in [-0.2, 0) is 10.0 Å². The Hall–Kier alpha value is -1.60. The number of phenols is 1. The van der Waals surface area contributed by atoms with Crippen LogP contribution in [0.1, 0.15) is 28.8 Å². The van der Waals surface area contributed by atoms with Gasteiger partial charge >= 0.3 is 0 Å². The second kappa shape index (κ2) is 6.26. The highest BCUT2D eigenvalue weighted by Crippen LogP contribution is 2.23. The average molecular weight is 326 g/mol. The normalized spacial score (nSPS) is 17.0. The molecule has 0 bridgehead atoms. The van der Waals surface area contributed by atoms with Crippen LogP contribution in [0.3, 0.4) is 0 Å². The van der Waals surface area contributed by atoms with Gasteiger partial charge in [0.15, 0.2) is 0 Å². The quantitative estimate of drug-likeness (QED) is 0.905. The Kier molecular flexibility index (Phi) is 4.77. The van der Waals surface area contributed by atoms with Crippen LogP contribution in [-0.4, -0.2) is 61.1 Å². The van der Waals surface area contributed by atoms with E-state index in [9.17, 15) is 18.3 Å². The van der Waals surface area contributed by atoms with Gasteiger partial charge in [-0.05, 0) is 31.9 Å². The standard InChI is InChI=1S/C15H22N2O4S/c1-11-4-5-14(18)13(10-11)15(19)17-8-6-12(7-9-17)16(2)22(3,20)21/h4-5,10,12,18H,6-9H2,1-3H3. The molecule has 0 aliphatic carbocycles. The summed E-state index contributed by atoms with van der Waals surface area (Å²) in [5.41, 5.74) is 1.21. The molecule has 6 nitrogen and oxygen atoms in total. The number of aromatic hydroxyl groups is 1. The van der Waals surface area contributed by atoms with Crippen LogP contribution < -0.4 is 0 Å². The summed E-state index contributed by atoms with van der Waals surface area (Å²) in [4.78, 5) is 14.1. The zero-order valence-electron chi connectivity index (χ0n) is 13.1. The van der Waals surface area contributed by atoms with E-state index in [1.807, 2.05) is 6.92 Å². The lowest BCUT2D eigenvalue weighted by Gasteiger charge is -2.35. The largest absolute Gasteiger partial charge is 0.507 e. The maximum Gasteiger partial charge on any atom is 0.257 e. The van der Waals surface area contributed by atoms with Gasteiger partial charge in [0.1, 0.15) is 5.75 Å². The van der Waals surface area contributed by atoms with Crippen molar-refractivity contribution in [2.24, 2.45) is 0 Å². The zero-order chi connectivity index (χ0) is 16.5. The van der Waals surface area contributed by atoms with Gasteiger partial charge in [0, 0.05) is 26.2 Å². The van der Waals surface area contributed by atoms with Gasteiger partial charge in [-0.2, -0.15) is 0 Å². The molecule has 0 radical (unpaired) electrons. The molecule has 122 valence electrons. The minimum Gasteiger partial charge on any atom is -0.507 e. The van der Waals surface area contributed by atoms with E-state index in [1.165, 1.54) is 16.6 Å². The molecular weight excluding hydrogens is 304 g/mol. The Bertz CT molecular complexity index is 664. The van der Waals surface area contributed by atoms with Crippen LogP contribution in [0, 0.1) is 6.92 Å². The van der Waals surface area contributed by atoms with E-state index < -0.39 is 10.0 Å². The smallest absolute Gasteiger partial charge is 0.257 e. The fourth-order valence-corrected chi connectivity index (χ4v) is 3.45. The lowest BCUT2D eigenvalue weighted by Crippen LogP contribution is -2.47. The number of benzene rings is 1. The van der Waals surface area contributed by atoms with Crippen LogP contribution in [0.5, 0.6) is 5.75 Å². The Balaban J connectivity index is 2.05. The van der Waals surface area contributed by atoms with Crippen molar-refractivity contribution in [1.29, 1.82) is 0 Å². The van der Waals surface area contributed by atoms with Gasteiger partial charge in [0.05, 0.1) is 11.8 Å². The predicted octanol–water partition coefficient (Wildman–Crippen LogP) is 1.20. The third-order valence-corrected chi connectivity index (χ3v) is 5.52. The molecule has 0 spiro atoms. The SMILES string of the molecule is Cc1ccc(O)c(C(=O)N2CCC(N(C)S(C)(=O)=O)CC2)c1. The summed E-state index contributed by atoms with van der Waals surface area (Å²) < 4.78 is 24.5. The predicted molar refractivity (Wildman–Crippen MR) is 84.4 cm³/mol. The summed E-state index contributed by atoms with van der Waals surface area (Å²) in [5, 5.41) is 9.85. The molecule has 0 saturated carbocycles. The molecule has 7 heteroatoms. The van der Waals surface area contributed by atoms with E-state index in [2.05, 4.69) is 0 Å². The third-order valence-electron chi connectivity index (χ3n) is 4.17. The maximum absolute atomic E-state index is 12.5. The van der Waals surface area contributed by atoms with Gasteiger partial charge in [-0.3, -0.25) is 4.79 Å². The molecule has 2 rings (SSSR count). The highest BCUT2D eigenvalue weighted by molar-refractivity contribution is 7.88. The molecule has 1 aliphatic heterocycles. The molecule has 22 heavy (non-hydrogen) atoms. The summed E-state index contributed by atoms with van der Waals surface area (Å²) >= 11 is 0. The molecule has 0 unspecified atom stereocenters. The number of piperidine rings is 1. The first kappa shape index (κ1) is 16.8. The van der Waals surface area contributed by atoms with Gasteiger partial charge in [-0.15, -0.1) is 0 Å². The maximum atomic E-state index is 12.5. The highest BCUT2D eigenvalue weighted by atomic mass is 32.2. The zero-order valence-corrected chi connectivity index (χ0v) is 13.9. The number of sulfonamides is 1. The van der Waals surface area contributed by atoms with Crippen LogP contribution in [0.25, 0.3) is 0 Å². The molecule has 1 aliphatic rings. The Morgan fingerprint density at radius 1 is 1.32 bits per heavy atom. The number of hydrogen-bond acceptors (Lipinski definition) is 4. The van der Waals surface area contributed by atoms with Crippen LogP contribution >= 0.6 is 0 Å². The average Bonchev–Trinajstić information content (AvgIpc) is 2.47. The van der Waals surface area contributed by atoms with Gasteiger partial charge in [0.2, 0.25) is 10.0 Å². The Labute approximate surface area is 131 Å². The number of rotatable bonds is 3. The molecule has 1 saturated heterocycles. The number of phenolic OH excluding ortho intramolecular Hbond substituents is 1. The minimum atomic E-state index is -3.21. The van der Waals surface area contributed by atoms with Gasteiger partial charge in [0.25, 0.3) is 5.91 Å². The van der Waals surface area contributed by atoms with Crippen LogP contribution in [0.15, 0.2) is 18.2 Å². The van der Waals surface area contributed by atoms with Crippen LogP contribution in [0.4, 0.5) is 0 Å². The molecule has 1 aromatic carbocycles. The number of aryl methyl sites for hydroxylation is 1. The number of hydrogen-bond donors (Lipinski definition) is 1. The second-order valence-electron chi connectivity index (χ2n) is 5.82. The first-order chi connectivity index (χ1) is 10.2. The second-order valence-corrected chi connectivity index (χ2v) is 7.87. The van der Waals surface area contributed by atoms with Gasteiger partial charge in [-0.25, -0.2) is 12.7 Å². The van der Waals surface area contributed by atoms with E-state index in [0.29, 0.717) is 31.5 Å². The van der Waals surface area contributed by atoms with Crippen molar-refractivity contribution in [3.05, 3.63) is 29.3 Å². The fourth-order valence-electron chi connectivity index (χ4n) is 2.69. The summed E-state index contributed by atoms with van der Waals surface area (Å²) in [6.07, 6.45) is 2.39.